The summed E-state index contributed by atoms with van der Waals surface area (Å²) in [4.78, 5) is 16.5. The van der Waals surface area contributed by atoms with Gasteiger partial charge in [-0.25, -0.2) is 4.98 Å². The van der Waals surface area contributed by atoms with Crippen molar-refractivity contribution >= 4 is 5.91 Å². The van der Waals surface area contributed by atoms with Crippen LogP contribution in [0, 0.1) is 0 Å². The Morgan fingerprint density at radius 1 is 1.57 bits per heavy atom. The van der Waals surface area contributed by atoms with Crippen molar-refractivity contribution in [2.45, 2.75) is 19.3 Å². The number of benzene rings is 1. The number of ether oxygens (including phenoxy) is 2. The molecule has 0 bridgehead atoms. The number of carbonyl (C=O) groups excluding carboxylic acids is 1. The van der Waals surface area contributed by atoms with Crippen molar-refractivity contribution in [2.75, 3.05) is 20.3 Å². The first-order valence-electron chi connectivity index (χ1n) is 7.41. The predicted molar refractivity (Wildman–Crippen MR) is 82.2 cm³/mol. The molecule has 0 aliphatic carbocycles. The minimum Gasteiger partial charge on any atom is -0.497 e. The van der Waals surface area contributed by atoms with E-state index in [4.69, 9.17) is 9.47 Å². The molecular weight excluding hydrogens is 298 g/mol. The van der Waals surface area contributed by atoms with Crippen LogP contribution in [-0.4, -0.2) is 40.8 Å². The van der Waals surface area contributed by atoms with Crippen LogP contribution in [0.15, 0.2) is 30.5 Å². The Kier molecular flexibility index (Phi) is 4.59. The Hall–Kier alpha value is -2.38. The van der Waals surface area contributed by atoms with E-state index in [9.17, 15) is 9.90 Å². The second-order valence-electron chi connectivity index (χ2n) is 5.27. The molecule has 7 heteroatoms. The van der Waals surface area contributed by atoms with Crippen LogP contribution >= 0.6 is 0 Å². The normalized spacial score (nSPS) is 14.9. The van der Waals surface area contributed by atoms with Gasteiger partial charge in [-0.05, 0) is 17.7 Å². The molecule has 1 aliphatic rings. The third-order valence-corrected chi connectivity index (χ3v) is 3.80. The van der Waals surface area contributed by atoms with Crippen molar-refractivity contribution in [1.29, 1.82) is 0 Å². The van der Waals surface area contributed by atoms with Gasteiger partial charge in [0, 0.05) is 13.1 Å². The lowest BCUT2D eigenvalue weighted by atomic mass is 10.1. The van der Waals surface area contributed by atoms with Gasteiger partial charge >= 0.3 is 0 Å². The first-order chi connectivity index (χ1) is 11.2. The maximum atomic E-state index is 12.3. The number of methoxy groups -OCH3 is 1. The van der Waals surface area contributed by atoms with E-state index >= 15 is 0 Å². The third kappa shape index (κ3) is 3.35. The fourth-order valence-electron chi connectivity index (χ4n) is 2.53. The van der Waals surface area contributed by atoms with E-state index in [0.717, 1.165) is 5.82 Å². The summed E-state index contributed by atoms with van der Waals surface area (Å²) in [6.07, 6.45) is 0.734. The maximum absolute atomic E-state index is 12.3. The first kappa shape index (κ1) is 15.5. The standard InChI is InChI=1S/C16H19N3O4/c1-22-12-4-2-3-11(7-12)14(20)9-18-16(21)13-8-17-15-10-23-6-5-19(13)15/h2-4,7-8,14,20H,5-6,9-10H2,1H3,(H,18,21). The molecule has 1 aromatic heterocycles. The number of nitrogens with one attached hydrogen (secondary N) is 1. The molecule has 7 nitrogen and oxygen atoms in total. The molecule has 3 rings (SSSR count). The van der Waals surface area contributed by atoms with Crippen LogP contribution in [0.4, 0.5) is 0 Å². The van der Waals surface area contributed by atoms with E-state index in [1.807, 2.05) is 4.57 Å². The number of amides is 1. The van der Waals surface area contributed by atoms with Crippen LogP contribution in [0.5, 0.6) is 5.75 Å². The van der Waals surface area contributed by atoms with Crippen molar-refractivity contribution < 1.29 is 19.4 Å². The highest BCUT2D eigenvalue weighted by molar-refractivity contribution is 5.92. The Balaban J connectivity index is 1.63. The highest BCUT2D eigenvalue weighted by Gasteiger charge is 2.20. The largest absolute Gasteiger partial charge is 0.497 e. The number of carbonyl (C=O) groups is 1. The summed E-state index contributed by atoms with van der Waals surface area (Å²) in [5, 5.41) is 13.0. The molecule has 1 aromatic carbocycles. The van der Waals surface area contributed by atoms with E-state index in [0.29, 0.717) is 36.8 Å². The highest BCUT2D eigenvalue weighted by Crippen LogP contribution is 2.18. The topological polar surface area (TPSA) is 85.6 Å². The number of nitrogens with zero attached hydrogens (tertiary/aromatic N) is 2. The van der Waals surface area contributed by atoms with Gasteiger partial charge in [-0.3, -0.25) is 4.79 Å². The van der Waals surface area contributed by atoms with Crippen molar-refractivity contribution in [3.63, 3.8) is 0 Å². The number of aliphatic hydroxyl groups excluding tert-OH is 1. The van der Waals surface area contributed by atoms with Crippen molar-refractivity contribution in [1.82, 2.24) is 14.9 Å². The van der Waals surface area contributed by atoms with E-state index in [1.165, 1.54) is 6.20 Å². The van der Waals surface area contributed by atoms with Gasteiger partial charge in [0.05, 0.1) is 26.0 Å². The minimum absolute atomic E-state index is 0.114. The number of hydrogen-bond acceptors (Lipinski definition) is 5. The zero-order chi connectivity index (χ0) is 16.2. The fourth-order valence-corrected chi connectivity index (χ4v) is 2.53. The average molecular weight is 317 g/mol. The van der Waals surface area contributed by atoms with Crippen molar-refractivity contribution in [3.05, 3.63) is 47.5 Å². The summed E-state index contributed by atoms with van der Waals surface area (Å²) in [6, 6.07) is 7.13. The van der Waals surface area contributed by atoms with Gasteiger partial charge in [-0.2, -0.15) is 0 Å². The molecule has 0 saturated heterocycles. The van der Waals surface area contributed by atoms with Crippen LogP contribution in [0.3, 0.4) is 0 Å². The average Bonchev–Trinajstić information content (AvgIpc) is 3.03. The number of imidazole rings is 1. The molecule has 1 amide bonds. The zero-order valence-corrected chi connectivity index (χ0v) is 12.9. The summed E-state index contributed by atoms with van der Waals surface area (Å²) in [5.74, 6) is 1.15. The highest BCUT2D eigenvalue weighted by atomic mass is 16.5. The lowest BCUT2D eigenvalue weighted by Gasteiger charge is -2.17. The van der Waals surface area contributed by atoms with Gasteiger partial charge in [0.1, 0.15) is 23.9 Å². The molecule has 23 heavy (non-hydrogen) atoms. The summed E-state index contributed by atoms with van der Waals surface area (Å²) < 4.78 is 12.3. The molecular formula is C16H19N3O4. The van der Waals surface area contributed by atoms with Crippen LogP contribution in [-0.2, 0) is 17.9 Å². The van der Waals surface area contributed by atoms with Gasteiger partial charge in [-0.15, -0.1) is 0 Å². The third-order valence-electron chi connectivity index (χ3n) is 3.80. The summed E-state index contributed by atoms with van der Waals surface area (Å²) in [5.41, 5.74) is 1.18. The molecule has 1 aliphatic heterocycles. The van der Waals surface area contributed by atoms with E-state index in [-0.39, 0.29) is 12.5 Å². The van der Waals surface area contributed by atoms with E-state index in [1.54, 1.807) is 31.4 Å². The van der Waals surface area contributed by atoms with Gasteiger partial charge in [-0.1, -0.05) is 12.1 Å². The number of aliphatic hydroxyl groups is 1. The predicted octanol–water partition coefficient (Wildman–Crippen LogP) is 0.885. The van der Waals surface area contributed by atoms with Gasteiger partial charge in [0.2, 0.25) is 0 Å². The zero-order valence-electron chi connectivity index (χ0n) is 12.9. The maximum Gasteiger partial charge on any atom is 0.269 e. The minimum atomic E-state index is -0.805. The molecule has 0 saturated carbocycles. The lowest BCUT2D eigenvalue weighted by Crippen LogP contribution is -2.31. The van der Waals surface area contributed by atoms with Crippen LogP contribution < -0.4 is 10.1 Å². The SMILES string of the molecule is COc1cccc(C(O)CNC(=O)c2cnc3n2CCOC3)c1. The molecule has 2 N–H and O–H groups in total. The Morgan fingerprint density at radius 3 is 3.26 bits per heavy atom. The van der Waals surface area contributed by atoms with E-state index < -0.39 is 6.10 Å². The number of aromatic nitrogens is 2. The van der Waals surface area contributed by atoms with E-state index in [2.05, 4.69) is 10.3 Å². The molecule has 0 radical (unpaired) electrons. The second-order valence-corrected chi connectivity index (χ2v) is 5.27. The number of rotatable bonds is 5. The molecule has 1 unspecified atom stereocenters. The smallest absolute Gasteiger partial charge is 0.269 e. The lowest BCUT2D eigenvalue weighted by molar-refractivity contribution is 0.0771. The molecule has 0 fully saturated rings. The fraction of sp³-hybridized carbons (Fsp3) is 0.375. The van der Waals surface area contributed by atoms with Crippen molar-refractivity contribution in [2.24, 2.45) is 0 Å². The molecule has 0 spiro atoms. The van der Waals surface area contributed by atoms with Crippen LogP contribution in [0.2, 0.25) is 0 Å². The van der Waals surface area contributed by atoms with Gasteiger partial charge < -0.3 is 24.5 Å². The monoisotopic (exact) mass is 317 g/mol. The second kappa shape index (κ2) is 6.80. The Bertz CT molecular complexity index is 698. The Morgan fingerprint density at radius 2 is 2.43 bits per heavy atom. The molecule has 122 valence electrons. The first-order valence-corrected chi connectivity index (χ1v) is 7.41. The van der Waals surface area contributed by atoms with Crippen LogP contribution in [0.1, 0.15) is 28.0 Å². The van der Waals surface area contributed by atoms with Crippen molar-refractivity contribution in [3.8, 4) is 5.75 Å². The summed E-state index contributed by atoms with van der Waals surface area (Å²) >= 11 is 0. The quantitative estimate of drug-likeness (QED) is 0.855. The Labute approximate surface area is 133 Å². The molecule has 2 heterocycles. The van der Waals surface area contributed by atoms with Crippen LogP contribution in [0.25, 0.3) is 0 Å². The van der Waals surface area contributed by atoms with Gasteiger partial charge in [0.25, 0.3) is 5.91 Å². The number of fused-ring (bicyclic) bond motifs is 1. The molecule has 1 atom stereocenters. The van der Waals surface area contributed by atoms with Gasteiger partial charge in [0.15, 0.2) is 0 Å². The summed E-state index contributed by atoms with van der Waals surface area (Å²) in [7, 11) is 1.57. The summed E-state index contributed by atoms with van der Waals surface area (Å²) in [6.45, 7) is 1.70. The number of hydrogen-bond donors (Lipinski definition) is 2. The molecule has 2 aromatic rings.